The molecule has 0 saturated carbocycles. The Balaban J connectivity index is 2.08. The van der Waals surface area contributed by atoms with Crippen molar-refractivity contribution < 1.29 is 0 Å². The summed E-state index contributed by atoms with van der Waals surface area (Å²) in [5.74, 6) is 0. The van der Waals surface area contributed by atoms with E-state index in [1.54, 1.807) is 0 Å². The normalized spacial score (nSPS) is 12.8. The number of benzene rings is 2. The molecule has 2 rings (SSSR count). The molecule has 0 bridgehead atoms. The molecule has 1 unspecified atom stereocenters. The summed E-state index contributed by atoms with van der Waals surface area (Å²) in [7, 11) is 2.03. The van der Waals surface area contributed by atoms with Gasteiger partial charge in [-0.2, -0.15) is 0 Å². The van der Waals surface area contributed by atoms with Crippen LogP contribution in [0.5, 0.6) is 0 Å². The smallest absolute Gasteiger partial charge is 0.00358 e. The Morgan fingerprint density at radius 2 is 1.82 bits per heavy atom. The number of aryl methyl sites for hydroxylation is 1. The molecule has 0 radical (unpaired) electrons. The number of hydrogen-bond acceptors (Lipinski definition) is 1. The molecule has 0 amide bonds. The zero-order valence-corrected chi connectivity index (χ0v) is 10.7. The highest BCUT2D eigenvalue weighted by molar-refractivity contribution is 5.85. The van der Waals surface area contributed by atoms with Gasteiger partial charge < -0.3 is 5.32 Å². The molecule has 0 aliphatic heterocycles. The van der Waals surface area contributed by atoms with Gasteiger partial charge in [-0.1, -0.05) is 42.5 Å². The minimum atomic E-state index is 0.616. The molecule has 1 heteroatoms. The highest BCUT2D eigenvalue weighted by Gasteiger charge is 2.02. The van der Waals surface area contributed by atoms with Gasteiger partial charge in [0.2, 0.25) is 0 Å². The number of rotatable bonds is 5. The average Bonchev–Trinajstić information content (AvgIpc) is 2.39. The fourth-order valence-corrected chi connectivity index (χ4v) is 2.25. The Kier molecular flexibility index (Phi) is 4.16. The lowest BCUT2D eigenvalue weighted by Crippen LogP contribution is -2.20. The molecule has 0 heterocycles. The molecule has 1 nitrogen and oxygen atoms in total. The lowest BCUT2D eigenvalue weighted by Gasteiger charge is -2.10. The van der Waals surface area contributed by atoms with E-state index < -0.39 is 0 Å². The Morgan fingerprint density at radius 3 is 2.65 bits per heavy atom. The third-order valence-corrected chi connectivity index (χ3v) is 3.46. The molecule has 1 N–H and O–H groups in total. The van der Waals surface area contributed by atoms with Crippen LogP contribution < -0.4 is 5.32 Å². The molecule has 90 valence electrons. The van der Waals surface area contributed by atoms with Gasteiger partial charge in [-0.3, -0.25) is 0 Å². The van der Waals surface area contributed by atoms with Crippen LogP contribution in [0.15, 0.2) is 42.5 Å². The second kappa shape index (κ2) is 5.83. The first kappa shape index (κ1) is 12.1. The van der Waals surface area contributed by atoms with E-state index in [9.17, 15) is 0 Å². The minimum absolute atomic E-state index is 0.616. The highest BCUT2D eigenvalue weighted by atomic mass is 14.8. The summed E-state index contributed by atoms with van der Waals surface area (Å²) in [5, 5.41) is 6.05. The van der Waals surface area contributed by atoms with Crippen molar-refractivity contribution in [3.05, 3.63) is 48.0 Å². The van der Waals surface area contributed by atoms with E-state index in [0.29, 0.717) is 6.04 Å². The van der Waals surface area contributed by atoms with Crippen LogP contribution in [0.3, 0.4) is 0 Å². The summed E-state index contributed by atoms with van der Waals surface area (Å²) >= 11 is 0. The van der Waals surface area contributed by atoms with Gasteiger partial charge >= 0.3 is 0 Å². The summed E-state index contributed by atoms with van der Waals surface area (Å²) in [4.78, 5) is 0. The van der Waals surface area contributed by atoms with Crippen molar-refractivity contribution in [2.24, 2.45) is 0 Å². The van der Waals surface area contributed by atoms with Gasteiger partial charge in [0, 0.05) is 6.04 Å². The standard InChI is InChI=1S/C16H21N/c1-13(17-2)7-5-9-15-11-6-10-14-8-3-4-12-16(14)15/h3-4,6,8,10-13,17H,5,7,9H2,1-2H3. The van der Waals surface area contributed by atoms with Crippen molar-refractivity contribution >= 4 is 10.8 Å². The molecule has 0 saturated heterocycles. The molecule has 2 aromatic carbocycles. The van der Waals surface area contributed by atoms with Crippen LogP contribution in [-0.4, -0.2) is 13.1 Å². The molecule has 2 aromatic rings. The fraction of sp³-hybridized carbons (Fsp3) is 0.375. The van der Waals surface area contributed by atoms with Crippen molar-refractivity contribution in [2.45, 2.75) is 32.2 Å². The number of hydrogen-bond donors (Lipinski definition) is 1. The van der Waals surface area contributed by atoms with Gasteiger partial charge in [0.05, 0.1) is 0 Å². The first-order chi connectivity index (χ1) is 8.31. The predicted octanol–water partition coefficient (Wildman–Crippen LogP) is 3.77. The Labute approximate surface area is 104 Å². The van der Waals surface area contributed by atoms with Gasteiger partial charge in [0.1, 0.15) is 0 Å². The third-order valence-electron chi connectivity index (χ3n) is 3.46. The van der Waals surface area contributed by atoms with Crippen LogP contribution >= 0.6 is 0 Å². The van der Waals surface area contributed by atoms with E-state index in [4.69, 9.17) is 0 Å². The van der Waals surface area contributed by atoms with E-state index in [2.05, 4.69) is 54.7 Å². The molecule has 1 atom stereocenters. The predicted molar refractivity (Wildman–Crippen MR) is 75.4 cm³/mol. The van der Waals surface area contributed by atoms with Crippen LogP contribution in [0.1, 0.15) is 25.3 Å². The summed E-state index contributed by atoms with van der Waals surface area (Å²) in [6.45, 7) is 2.24. The van der Waals surface area contributed by atoms with E-state index >= 15 is 0 Å². The van der Waals surface area contributed by atoms with E-state index in [-0.39, 0.29) is 0 Å². The number of nitrogens with one attached hydrogen (secondary N) is 1. The van der Waals surface area contributed by atoms with Gasteiger partial charge in [-0.25, -0.2) is 0 Å². The monoisotopic (exact) mass is 227 g/mol. The molecule has 0 aliphatic rings. The Bertz CT molecular complexity index is 470. The van der Waals surface area contributed by atoms with Gasteiger partial charge in [0.25, 0.3) is 0 Å². The third kappa shape index (κ3) is 3.07. The molecule has 0 aromatic heterocycles. The fourth-order valence-electron chi connectivity index (χ4n) is 2.25. The maximum Gasteiger partial charge on any atom is 0.00358 e. The van der Waals surface area contributed by atoms with Crippen LogP contribution in [0.4, 0.5) is 0 Å². The van der Waals surface area contributed by atoms with Gasteiger partial charge in [0.15, 0.2) is 0 Å². The quantitative estimate of drug-likeness (QED) is 0.820. The molecular weight excluding hydrogens is 206 g/mol. The van der Waals surface area contributed by atoms with Crippen molar-refractivity contribution in [2.75, 3.05) is 7.05 Å². The zero-order valence-electron chi connectivity index (χ0n) is 10.7. The molecule has 0 aliphatic carbocycles. The summed E-state index contributed by atoms with van der Waals surface area (Å²) in [5.41, 5.74) is 1.48. The maximum atomic E-state index is 3.29. The number of fused-ring (bicyclic) bond motifs is 1. The maximum absolute atomic E-state index is 3.29. The van der Waals surface area contributed by atoms with E-state index in [1.165, 1.54) is 35.6 Å². The topological polar surface area (TPSA) is 12.0 Å². The highest BCUT2D eigenvalue weighted by Crippen LogP contribution is 2.20. The second-order valence-electron chi connectivity index (χ2n) is 4.72. The zero-order chi connectivity index (χ0) is 12.1. The van der Waals surface area contributed by atoms with Crippen LogP contribution in [0.2, 0.25) is 0 Å². The first-order valence-corrected chi connectivity index (χ1v) is 6.45. The SMILES string of the molecule is CNC(C)CCCc1cccc2ccccc12. The van der Waals surface area contributed by atoms with Crippen molar-refractivity contribution in [3.63, 3.8) is 0 Å². The van der Waals surface area contributed by atoms with Crippen molar-refractivity contribution in [1.82, 2.24) is 5.32 Å². The molecule has 0 spiro atoms. The van der Waals surface area contributed by atoms with Crippen LogP contribution in [0.25, 0.3) is 10.8 Å². The summed E-state index contributed by atoms with van der Waals surface area (Å²) in [6.07, 6.45) is 3.66. The Hall–Kier alpha value is -1.34. The van der Waals surface area contributed by atoms with Gasteiger partial charge in [-0.05, 0) is 49.6 Å². The largest absolute Gasteiger partial charge is 0.317 e. The second-order valence-corrected chi connectivity index (χ2v) is 4.72. The van der Waals surface area contributed by atoms with Gasteiger partial charge in [-0.15, -0.1) is 0 Å². The van der Waals surface area contributed by atoms with E-state index in [1.807, 2.05) is 7.05 Å². The average molecular weight is 227 g/mol. The van der Waals surface area contributed by atoms with Crippen LogP contribution in [-0.2, 0) is 6.42 Å². The lowest BCUT2D eigenvalue weighted by molar-refractivity contribution is 0.542. The lowest BCUT2D eigenvalue weighted by atomic mass is 9.99. The van der Waals surface area contributed by atoms with Crippen molar-refractivity contribution in [3.8, 4) is 0 Å². The molecule has 0 fully saturated rings. The first-order valence-electron chi connectivity index (χ1n) is 6.45. The Morgan fingerprint density at radius 1 is 1.06 bits per heavy atom. The van der Waals surface area contributed by atoms with Crippen LogP contribution in [0, 0.1) is 0 Å². The van der Waals surface area contributed by atoms with Crippen molar-refractivity contribution in [1.29, 1.82) is 0 Å². The molecule has 17 heavy (non-hydrogen) atoms. The molecular formula is C16H21N. The summed E-state index contributed by atoms with van der Waals surface area (Å²) < 4.78 is 0. The van der Waals surface area contributed by atoms with E-state index in [0.717, 1.165) is 0 Å². The minimum Gasteiger partial charge on any atom is -0.317 e. The summed E-state index contributed by atoms with van der Waals surface area (Å²) in [6, 6.07) is 15.9.